The van der Waals surface area contributed by atoms with Crippen LogP contribution in [0.5, 0.6) is 0 Å². The van der Waals surface area contributed by atoms with Gasteiger partial charge in [-0.05, 0) is 42.7 Å². The van der Waals surface area contributed by atoms with Gasteiger partial charge < -0.3 is 9.64 Å². The Morgan fingerprint density at radius 3 is 2.26 bits per heavy atom. The number of methoxy groups -OCH3 is 1. The minimum absolute atomic E-state index is 0.258. The smallest absolute Gasteiger partial charge is 0.331 e. The molecule has 0 saturated carbocycles. The first kappa shape index (κ1) is 26.1. The molecule has 2 aromatic heterocycles. The zero-order chi connectivity index (χ0) is 29.0. The summed E-state index contributed by atoms with van der Waals surface area (Å²) in [6, 6.07) is 21.8. The highest BCUT2D eigenvalue weighted by Gasteiger charge is 2.70. The first-order valence-electron chi connectivity index (χ1n) is 14.1. The molecule has 42 heavy (non-hydrogen) atoms. The average molecular weight is 564 g/mol. The molecule has 0 spiro atoms. The summed E-state index contributed by atoms with van der Waals surface area (Å²) in [7, 11) is 1.26. The predicted octanol–water partition coefficient (Wildman–Crippen LogP) is 2.81. The van der Waals surface area contributed by atoms with Crippen LogP contribution in [0.4, 0.5) is 11.5 Å². The van der Waals surface area contributed by atoms with Gasteiger partial charge in [0.1, 0.15) is 11.5 Å². The molecule has 2 amide bonds. The normalized spacial score (nSPS) is 25.3. The monoisotopic (exact) mass is 563 g/mol. The van der Waals surface area contributed by atoms with Gasteiger partial charge in [-0.3, -0.25) is 24.1 Å². The number of amides is 2. The van der Waals surface area contributed by atoms with Gasteiger partial charge in [-0.15, -0.1) is 0 Å². The topological polar surface area (TPSA) is 113 Å². The van der Waals surface area contributed by atoms with Crippen LogP contribution in [0.25, 0.3) is 5.65 Å². The third kappa shape index (κ3) is 3.64. The highest BCUT2D eigenvalue weighted by atomic mass is 16.5. The Bertz CT molecular complexity index is 1770. The third-order valence-corrected chi connectivity index (χ3v) is 8.78. The Labute approximate surface area is 241 Å². The number of imide groups is 1. The maximum Gasteiger partial charge on any atom is 0.331 e. The van der Waals surface area contributed by atoms with Crippen molar-refractivity contribution in [1.82, 2.24) is 14.7 Å². The van der Waals surface area contributed by atoms with Crippen molar-refractivity contribution in [3.63, 3.8) is 0 Å². The number of ether oxygens (including phenoxy) is 1. The number of carbonyl (C=O) groups excluding carboxylic acids is 3. The van der Waals surface area contributed by atoms with Gasteiger partial charge in [-0.2, -0.15) is 0 Å². The van der Waals surface area contributed by atoms with E-state index in [0.29, 0.717) is 35.8 Å². The standard InChI is InChI=1S/C32H29N5O5/c1-42-31(41)32(20-12-4-2-5-13-20)25-23(29(39)37(30(25)40)21-14-6-3-7-15-21)26(34-32)24-27(35-17-10-11-18-35)33-22-16-8-9-19-36(22)28(24)38/h2-9,12-16,19,23,25-26,34H,10-11,17-18H2,1H3/t23-,25-,26+,32-/m0/s1. The number of aromatic nitrogens is 2. The van der Waals surface area contributed by atoms with Gasteiger partial charge in [-0.1, -0.05) is 54.6 Å². The fraction of sp³-hybridized carbons (Fsp3) is 0.281. The van der Waals surface area contributed by atoms with E-state index < -0.39 is 41.2 Å². The average Bonchev–Trinajstić information content (AvgIpc) is 3.75. The zero-order valence-electron chi connectivity index (χ0n) is 23.0. The SMILES string of the molecule is COC(=O)[C@@]1(c2ccccc2)N[C@@H](c2c(N3CCCC3)nc3ccccn3c2=O)[C@H]2C(=O)N(c3ccccc3)C(=O)[C@H]21. The lowest BCUT2D eigenvalue weighted by molar-refractivity contribution is -0.152. The van der Waals surface area contributed by atoms with Gasteiger partial charge in [0.25, 0.3) is 5.56 Å². The van der Waals surface area contributed by atoms with E-state index in [2.05, 4.69) is 10.2 Å². The summed E-state index contributed by atoms with van der Waals surface area (Å²) in [6.45, 7) is 1.40. The van der Waals surface area contributed by atoms with Crippen LogP contribution in [0, 0.1) is 11.8 Å². The molecule has 212 valence electrons. The van der Waals surface area contributed by atoms with Crippen LogP contribution in [0.15, 0.2) is 89.9 Å². The van der Waals surface area contributed by atoms with E-state index in [0.717, 1.165) is 17.7 Å². The number of benzene rings is 2. The molecule has 7 rings (SSSR count). The molecule has 3 saturated heterocycles. The van der Waals surface area contributed by atoms with Crippen LogP contribution in [0.3, 0.4) is 0 Å². The van der Waals surface area contributed by atoms with Crippen molar-refractivity contribution >= 4 is 34.9 Å². The second-order valence-corrected chi connectivity index (χ2v) is 10.9. The number of rotatable bonds is 5. The Morgan fingerprint density at radius 2 is 1.57 bits per heavy atom. The molecule has 1 N–H and O–H groups in total. The summed E-state index contributed by atoms with van der Waals surface area (Å²) in [5.41, 5.74) is -0.473. The van der Waals surface area contributed by atoms with Crippen LogP contribution in [0.1, 0.15) is 30.0 Å². The van der Waals surface area contributed by atoms with Crippen LogP contribution in [-0.4, -0.2) is 47.4 Å². The Balaban J connectivity index is 1.51. The third-order valence-electron chi connectivity index (χ3n) is 8.78. The number of nitrogens with one attached hydrogen (secondary N) is 1. The van der Waals surface area contributed by atoms with Gasteiger partial charge in [0, 0.05) is 19.3 Å². The molecule has 0 bridgehead atoms. The largest absolute Gasteiger partial charge is 0.467 e. The van der Waals surface area contributed by atoms with Gasteiger partial charge in [0.05, 0.1) is 36.2 Å². The fourth-order valence-corrected chi connectivity index (χ4v) is 6.95. The van der Waals surface area contributed by atoms with Gasteiger partial charge in [-0.25, -0.2) is 14.7 Å². The first-order valence-corrected chi connectivity index (χ1v) is 14.1. The van der Waals surface area contributed by atoms with E-state index >= 15 is 0 Å². The number of carbonyl (C=O) groups is 3. The summed E-state index contributed by atoms with van der Waals surface area (Å²) in [6.07, 6.45) is 3.51. The zero-order valence-corrected chi connectivity index (χ0v) is 23.0. The number of anilines is 2. The molecule has 0 unspecified atom stereocenters. The van der Waals surface area contributed by atoms with Crippen molar-refractivity contribution in [2.24, 2.45) is 11.8 Å². The molecule has 3 aliphatic heterocycles. The van der Waals surface area contributed by atoms with Crippen molar-refractivity contribution in [2.75, 3.05) is 30.0 Å². The number of nitrogens with zero attached hydrogens (tertiary/aromatic N) is 4. The fourth-order valence-electron chi connectivity index (χ4n) is 6.95. The van der Waals surface area contributed by atoms with E-state index in [-0.39, 0.29) is 11.1 Å². The molecule has 5 heterocycles. The molecule has 3 fully saturated rings. The molecule has 3 aliphatic rings. The molecule has 2 aromatic carbocycles. The van der Waals surface area contributed by atoms with E-state index in [9.17, 15) is 19.2 Å². The minimum Gasteiger partial charge on any atom is -0.467 e. The molecule has 4 aromatic rings. The lowest BCUT2D eigenvalue weighted by Crippen LogP contribution is -2.54. The lowest BCUT2D eigenvalue weighted by atomic mass is 9.75. The van der Waals surface area contributed by atoms with E-state index in [1.54, 1.807) is 79.0 Å². The van der Waals surface area contributed by atoms with Crippen molar-refractivity contribution in [2.45, 2.75) is 24.4 Å². The van der Waals surface area contributed by atoms with Crippen LogP contribution >= 0.6 is 0 Å². The minimum atomic E-state index is -1.73. The second kappa shape index (κ2) is 9.92. The number of para-hydroxylation sites is 1. The highest BCUT2D eigenvalue weighted by Crippen LogP contribution is 2.54. The molecule has 0 aliphatic carbocycles. The summed E-state index contributed by atoms with van der Waals surface area (Å²) in [5.74, 6) is -3.51. The van der Waals surface area contributed by atoms with E-state index in [4.69, 9.17) is 9.72 Å². The van der Waals surface area contributed by atoms with Crippen LogP contribution < -0.4 is 20.7 Å². The maximum atomic E-state index is 14.4. The molecule has 10 nitrogen and oxygen atoms in total. The lowest BCUT2D eigenvalue weighted by Gasteiger charge is -2.33. The number of hydrogen-bond acceptors (Lipinski definition) is 8. The first-order chi connectivity index (χ1) is 20.5. The van der Waals surface area contributed by atoms with Crippen molar-refractivity contribution in [1.29, 1.82) is 0 Å². The van der Waals surface area contributed by atoms with E-state index in [1.165, 1.54) is 11.5 Å². The number of esters is 1. The quantitative estimate of drug-likeness (QED) is 0.291. The maximum absolute atomic E-state index is 14.4. The van der Waals surface area contributed by atoms with Gasteiger partial charge >= 0.3 is 5.97 Å². The summed E-state index contributed by atoms with van der Waals surface area (Å²) < 4.78 is 6.79. The summed E-state index contributed by atoms with van der Waals surface area (Å²) >= 11 is 0. The molecule has 10 heteroatoms. The number of fused-ring (bicyclic) bond motifs is 2. The van der Waals surface area contributed by atoms with Crippen LogP contribution in [-0.2, 0) is 24.7 Å². The van der Waals surface area contributed by atoms with Crippen molar-refractivity contribution < 1.29 is 19.1 Å². The van der Waals surface area contributed by atoms with Crippen molar-refractivity contribution in [3.8, 4) is 0 Å². The molecular weight excluding hydrogens is 534 g/mol. The van der Waals surface area contributed by atoms with Gasteiger partial charge in [0.2, 0.25) is 11.8 Å². The predicted molar refractivity (Wildman–Crippen MR) is 155 cm³/mol. The number of pyridine rings is 1. The summed E-state index contributed by atoms with van der Waals surface area (Å²) in [4.78, 5) is 65.1. The molecule has 0 radical (unpaired) electrons. The second-order valence-electron chi connectivity index (χ2n) is 10.9. The Hall–Kier alpha value is -4.83. The van der Waals surface area contributed by atoms with Crippen molar-refractivity contribution in [3.05, 3.63) is 107 Å². The van der Waals surface area contributed by atoms with Gasteiger partial charge in [0.15, 0.2) is 5.54 Å². The van der Waals surface area contributed by atoms with Crippen LogP contribution in [0.2, 0.25) is 0 Å². The van der Waals surface area contributed by atoms with E-state index in [1.807, 2.05) is 6.07 Å². The Kier molecular flexibility index (Phi) is 6.16. The highest BCUT2D eigenvalue weighted by molar-refractivity contribution is 6.24. The molecule has 4 atom stereocenters. The molecular formula is C32H29N5O5. The summed E-state index contributed by atoms with van der Waals surface area (Å²) in [5, 5.41) is 3.37. The Morgan fingerprint density at radius 1 is 0.905 bits per heavy atom. The number of hydrogen-bond donors (Lipinski definition) is 1.